The van der Waals surface area contributed by atoms with E-state index in [4.69, 9.17) is 9.57 Å². The van der Waals surface area contributed by atoms with Crippen LogP contribution >= 0.6 is 0 Å². The fourth-order valence-electron chi connectivity index (χ4n) is 4.39. The van der Waals surface area contributed by atoms with Gasteiger partial charge in [-0.2, -0.15) is 5.06 Å². The largest absolute Gasteiger partial charge is 0.462 e. The topological polar surface area (TPSA) is 38.8 Å². The predicted octanol–water partition coefficient (Wildman–Crippen LogP) is 6.07. The van der Waals surface area contributed by atoms with Crippen molar-refractivity contribution in [2.45, 2.75) is 104 Å². The van der Waals surface area contributed by atoms with Crippen molar-refractivity contribution in [3.8, 4) is 0 Å². The molecule has 4 heteroatoms. The molecule has 4 atom stereocenters. The highest BCUT2D eigenvalue weighted by Gasteiger charge is 2.57. The average molecular weight is 390 g/mol. The number of hydrogen-bond acceptors (Lipinski definition) is 4. The molecule has 0 aromatic heterocycles. The minimum atomic E-state index is -0.244. The number of hydrogen-bond donors (Lipinski definition) is 0. The van der Waals surface area contributed by atoms with Gasteiger partial charge >= 0.3 is 5.97 Å². The van der Waals surface area contributed by atoms with Crippen LogP contribution < -0.4 is 0 Å². The number of esters is 1. The molecule has 1 heterocycles. The monoisotopic (exact) mass is 389 g/mol. The molecule has 0 saturated carbocycles. The first-order chi connectivity index (χ1) is 13.2. The fourth-order valence-corrected chi connectivity index (χ4v) is 4.39. The normalized spacial score (nSPS) is 28.7. The summed E-state index contributed by atoms with van der Waals surface area (Å²) >= 11 is 0. The van der Waals surface area contributed by atoms with Gasteiger partial charge in [0.2, 0.25) is 0 Å². The molecular formula is C24H39NO3. The third-order valence-corrected chi connectivity index (χ3v) is 6.93. The summed E-state index contributed by atoms with van der Waals surface area (Å²) in [7, 11) is 0. The third kappa shape index (κ3) is 4.44. The Labute approximate surface area is 171 Å². The molecule has 158 valence electrons. The Balaban J connectivity index is 2.31. The molecule has 2 rings (SSSR count). The standard InChI is InChI=1S/C24H39NO3/c1-8-14-22(26)27-21-17-20(9-2)25(24(7,10-3)23(21,5)6)28-18(4)19-15-12-11-13-16-19/h11-13,15-16,18,20-21H,8-10,14,17H2,1-7H3. The first kappa shape index (κ1) is 22.9. The Morgan fingerprint density at radius 1 is 1.18 bits per heavy atom. The van der Waals surface area contributed by atoms with Gasteiger partial charge in [-0.15, -0.1) is 0 Å². The second-order valence-corrected chi connectivity index (χ2v) is 8.86. The van der Waals surface area contributed by atoms with E-state index in [2.05, 4.69) is 70.9 Å². The lowest BCUT2D eigenvalue weighted by Crippen LogP contribution is -2.68. The summed E-state index contributed by atoms with van der Waals surface area (Å²) in [6.45, 7) is 15.2. The summed E-state index contributed by atoms with van der Waals surface area (Å²) in [6, 6.07) is 10.6. The highest BCUT2D eigenvalue weighted by atomic mass is 16.7. The van der Waals surface area contributed by atoms with Crippen molar-refractivity contribution < 1.29 is 14.4 Å². The lowest BCUT2D eigenvalue weighted by atomic mass is 9.63. The highest BCUT2D eigenvalue weighted by molar-refractivity contribution is 5.69. The molecule has 1 fully saturated rings. The number of piperidine rings is 1. The number of carbonyl (C=O) groups excluding carboxylic acids is 1. The van der Waals surface area contributed by atoms with Gasteiger partial charge in [0.05, 0.1) is 5.54 Å². The smallest absolute Gasteiger partial charge is 0.306 e. The van der Waals surface area contributed by atoms with Crippen molar-refractivity contribution >= 4 is 5.97 Å². The second kappa shape index (κ2) is 9.41. The summed E-state index contributed by atoms with van der Waals surface area (Å²) in [5.74, 6) is -0.0825. The van der Waals surface area contributed by atoms with Gasteiger partial charge in [0.1, 0.15) is 12.2 Å². The van der Waals surface area contributed by atoms with Crippen LogP contribution in [0.15, 0.2) is 30.3 Å². The molecule has 1 saturated heterocycles. The van der Waals surface area contributed by atoms with E-state index in [0.29, 0.717) is 6.42 Å². The molecule has 4 nitrogen and oxygen atoms in total. The molecule has 0 bridgehead atoms. The van der Waals surface area contributed by atoms with Gasteiger partial charge in [-0.05, 0) is 38.7 Å². The molecular weight excluding hydrogens is 350 g/mol. The average Bonchev–Trinajstić information content (AvgIpc) is 2.68. The van der Waals surface area contributed by atoms with Crippen LogP contribution in [0.1, 0.15) is 92.2 Å². The van der Waals surface area contributed by atoms with Crippen molar-refractivity contribution in [1.82, 2.24) is 5.06 Å². The molecule has 1 aliphatic rings. The van der Waals surface area contributed by atoms with Crippen LogP contribution in [-0.2, 0) is 14.4 Å². The van der Waals surface area contributed by atoms with E-state index < -0.39 is 0 Å². The zero-order valence-corrected chi connectivity index (χ0v) is 18.8. The zero-order chi connectivity index (χ0) is 20.9. The SMILES string of the molecule is CCCC(=O)OC1CC(CC)N(OC(C)c2ccccc2)C(C)(CC)C1(C)C. The van der Waals surface area contributed by atoms with Crippen LogP contribution in [-0.4, -0.2) is 28.7 Å². The molecule has 1 aliphatic heterocycles. The van der Waals surface area contributed by atoms with E-state index in [9.17, 15) is 4.79 Å². The quantitative estimate of drug-likeness (QED) is 0.506. The molecule has 1 aromatic carbocycles. The lowest BCUT2D eigenvalue weighted by molar-refractivity contribution is -0.327. The summed E-state index contributed by atoms with van der Waals surface area (Å²) in [6.07, 6.45) is 3.84. The maximum atomic E-state index is 12.3. The fraction of sp³-hybridized carbons (Fsp3) is 0.708. The number of ether oxygens (including phenoxy) is 1. The van der Waals surface area contributed by atoms with Crippen LogP contribution in [0.5, 0.6) is 0 Å². The van der Waals surface area contributed by atoms with E-state index >= 15 is 0 Å². The highest BCUT2D eigenvalue weighted by Crippen LogP contribution is 2.50. The Morgan fingerprint density at radius 2 is 1.82 bits per heavy atom. The van der Waals surface area contributed by atoms with E-state index in [-0.39, 0.29) is 35.2 Å². The van der Waals surface area contributed by atoms with Crippen LogP contribution in [0.3, 0.4) is 0 Å². The molecule has 0 amide bonds. The van der Waals surface area contributed by atoms with Gasteiger partial charge in [-0.25, -0.2) is 0 Å². The Hall–Kier alpha value is -1.39. The molecule has 28 heavy (non-hydrogen) atoms. The summed E-state index contributed by atoms with van der Waals surface area (Å²) in [4.78, 5) is 18.9. The van der Waals surface area contributed by atoms with Crippen LogP contribution in [0, 0.1) is 5.41 Å². The Bertz CT molecular complexity index is 630. The molecule has 0 spiro atoms. The van der Waals surface area contributed by atoms with Gasteiger partial charge in [-0.3, -0.25) is 9.63 Å². The minimum absolute atomic E-state index is 0.0314. The molecule has 4 unspecified atom stereocenters. The Morgan fingerprint density at radius 3 is 2.36 bits per heavy atom. The third-order valence-electron chi connectivity index (χ3n) is 6.93. The second-order valence-electron chi connectivity index (χ2n) is 8.86. The minimum Gasteiger partial charge on any atom is -0.462 e. The lowest BCUT2D eigenvalue weighted by Gasteiger charge is -2.60. The summed E-state index contributed by atoms with van der Waals surface area (Å²) in [5.41, 5.74) is 0.699. The van der Waals surface area contributed by atoms with Gasteiger partial charge in [-0.1, -0.05) is 65.0 Å². The van der Waals surface area contributed by atoms with Crippen molar-refractivity contribution in [3.63, 3.8) is 0 Å². The van der Waals surface area contributed by atoms with Gasteiger partial charge < -0.3 is 4.74 Å². The van der Waals surface area contributed by atoms with Crippen molar-refractivity contribution in [2.24, 2.45) is 5.41 Å². The molecule has 0 radical (unpaired) electrons. The van der Waals surface area contributed by atoms with Gasteiger partial charge in [0.25, 0.3) is 0 Å². The zero-order valence-electron chi connectivity index (χ0n) is 18.8. The molecule has 0 aliphatic carbocycles. The van der Waals surface area contributed by atoms with Crippen molar-refractivity contribution in [2.75, 3.05) is 0 Å². The first-order valence-corrected chi connectivity index (χ1v) is 10.9. The first-order valence-electron chi connectivity index (χ1n) is 10.9. The summed E-state index contributed by atoms with van der Waals surface area (Å²) in [5, 5.41) is 2.23. The summed E-state index contributed by atoms with van der Waals surface area (Å²) < 4.78 is 5.99. The number of benzene rings is 1. The number of carbonyl (C=O) groups is 1. The van der Waals surface area contributed by atoms with E-state index in [1.165, 1.54) is 5.56 Å². The Kier molecular flexibility index (Phi) is 7.69. The van der Waals surface area contributed by atoms with E-state index in [1.54, 1.807) is 0 Å². The van der Waals surface area contributed by atoms with E-state index in [1.807, 2.05) is 13.0 Å². The van der Waals surface area contributed by atoms with Crippen LogP contribution in [0.4, 0.5) is 0 Å². The van der Waals surface area contributed by atoms with Crippen LogP contribution in [0.25, 0.3) is 0 Å². The van der Waals surface area contributed by atoms with Crippen molar-refractivity contribution in [1.29, 1.82) is 0 Å². The van der Waals surface area contributed by atoms with E-state index in [0.717, 1.165) is 25.7 Å². The van der Waals surface area contributed by atoms with Crippen molar-refractivity contribution in [3.05, 3.63) is 35.9 Å². The number of nitrogens with zero attached hydrogens (tertiary/aromatic N) is 1. The van der Waals surface area contributed by atoms with Crippen LogP contribution in [0.2, 0.25) is 0 Å². The molecule has 1 aromatic rings. The number of hydroxylamine groups is 2. The molecule has 0 N–H and O–H groups in total. The maximum absolute atomic E-state index is 12.3. The van der Waals surface area contributed by atoms with Gasteiger partial charge in [0, 0.05) is 24.3 Å². The van der Waals surface area contributed by atoms with Gasteiger partial charge in [0.15, 0.2) is 0 Å². The maximum Gasteiger partial charge on any atom is 0.306 e. The predicted molar refractivity (Wildman–Crippen MR) is 114 cm³/mol. The number of rotatable bonds is 8.